The van der Waals surface area contributed by atoms with Crippen LogP contribution in [0, 0.1) is 0 Å². The first kappa shape index (κ1) is 13.8. The standard InChI is InChI=1S/C10H17N5O3S/c1-2-19(17,18)15-5-3-14(4-6-15)8-7-12-9(11)10(16)13-8/h7H,2-6H2,1H3,(H2,11,12)(H,13,16). The smallest absolute Gasteiger partial charge is 0.292 e. The highest BCUT2D eigenvalue weighted by atomic mass is 32.2. The van der Waals surface area contributed by atoms with Gasteiger partial charge in [-0.05, 0) is 6.92 Å². The number of nitrogen functional groups attached to an aromatic ring is 1. The monoisotopic (exact) mass is 287 g/mol. The lowest BCUT2D eigenvalue weighted by Crippen LogP contribution is -2.49. The van der Waals surface area contributed by atoms with Gasteiger partial charge in [0, 0.05) is 26.2 Å². The van der Waals surface area contributed by atoms with Gasteiger partial charge in [0.2, 0.25) is 10.0 Å². The summed E-state index contributed by atoms with van der Waals surface area (Å²) in [4.78, 5) is 19.7. The summed E-state index contributed by atoms with van der Waals surface area (Å²) in [6.07, 6.45) is 1.49. The van der Waals surface area contributed by atoms with Gasteiger partial charge < -0.3 is 15.6 Å². The third kappa shape index (κ3) is 2.87. The average Bonchev–Trinajstić information content (AvgIpc) is 2.42. The van der Waals surface area contributed by atoms with Crippen LogP contribution >= 0.6 is 0 Å². The molecular formula is C10H17N5O3S. The number of rotatable bonds is 3. The van der Waals surface area contributed by atoms with Gasteiger partial charge in [-0.15, -0.1) is 0 Å². The number of piperazine rings is 1. The van der Waals surface area contributed by atoms with Gasteiger partial charge in [0.15, 0.2) is 5.82 Å². The maximum absolute atomic E-state index is 11.7. The van der Waals surface area contributed by atoms with Crippen molar-refractivity contribution in [2.75, 3.05) is 42.6 Å². The minimum atomic E-state index is -3.14. The lowest BCUT2D eigenvalue weighted by Gasteiger charge is -2.34. The topological polar surface area (TPSA) is 112 Å². The molecule has 3 N–H and O–H groups in total. The summed E-state index contributed by atoms with van der Waals surface area (Å²) in [5, 5.41) is 0. The Labute approximate surface area is 111 Å². The molecule has 0 aromatic carbocycles. The molecule has 0 unspecified atom stereocenters. The van der Waals surface area contributed by atoms with E-state index in [1.807, 2.05) is 4.90 Å². The predicted molar refractivity (Wildman–Crippen MR) is 72.5 cm³/mol. The van der Waals surface area contributed by atoms with Gasteiger partial charge >= 0.3 is 0 Å². The first-order chi connectivity index (χ1) is 8.94. The maximum Gasteiger partial charge on any atom is 0.292 e. The van der Waals surface area contributed by atoms with Crippen LogP contribution in [0.15, 0.2) is 11.0 Å². The number of nitrogens with one attached hydrogen (secondary N) is 1. The molecule has 8 nitrogen and oxygen atoms in total. The molecule has 9 heteroatoms. The highest BCUT2D eigenvalue weighted by Gasteiger charge is 2.25. The van der Waals surface area contributed by atoms with Crippen LogP contribution in [0.3, 0.4) is 0 Å². The second-order valence-corrected chi connectivity index (χ2v) is 6.53. The molecule has 0 atom stereocenters. The Hall–Kier alpha value is -1.61. The maximum atomic E-state index is 11.7. The van der Waals surface area contributed by atoms with E-state index in [1.54, 1.807) is 6.92 Å². The molecular weight excluding hydrogens is 270 g/mol. The van der Waals surface area contributed by atoms with Crippen molar-refractivity contribution in [2.24, 2.45) is 0 Å². The summed E-state index contributed by atoms with van der Waals surface area (Å²) < 4.78 is 24.9. The van der Waals surface area contributed by atoms with Crippen LogP contribution in [0.1, 0.15) is 6.92 Å². The fourth-order valence-electron chi connectivity index (χ4n) is 1.95. The van der Waals surface area contributed by atoms with Gasteiger partial charge in [-0.1, -0.05) is 0 Å². The molecule has 0 aliphatic carbocycles. The first-order valence-corrected chi connectivity index (χ1v) is 7.62. The van der Waals surface area contributed by atoms with Crippen LogP contribution < -0.4 is 16.2 Å². The van der Waals surface area contributed by atoms with Crippen molar-refractivity contribution in [1.29, 1.82) is 0 Å². The third-order valence-corrected chi connectivity index (χ3v) is 5.02. The molecule has 0 bridgehead atoms. The lowest BCUT2D eigenvalue weighted by atomic mass is 10.3. The van der Waals surface area contributed by atoms with Crippen LogP contribution in [-0.4, -0.2) is 54.6 Å². The number of hydrogen-bond acceptors (Lipinski definition) is 6. The molecule has 19 heavy (non-hydrogen) atoms. The van der Waals surface area contributed by atoms with Crippen molar-refractivity contribution in [3.8, 4) is 0 Å². The lowest BCUT2D eigenvalue weighted by molar-refractivity contribution is 0.384. The van der Waals surface area contributed by atoms with Gasteiger partial charge in [0.05, 0.1) is 11.9 Å². The van der Waals surface area contributed by atoms with E-state index in [-0.39, 0.29) is 11.6 Å². The summed E-state index contributed by atoms with van der Waals surface area (Å²) in [6.45, 7) is 3.47. The van der Waals surface area contributed by atoms with E-state index in [0.29, 0.717) is 32.0 Å². The molecule has 1 aliphatic heterocycles. The average molecular weight is 287 g/mol. The third-order valence-electron chi connectivity index (χ3n) is 3.14. The molecule has 1 aromatic heterocycles. The van der Waals surface area contributed by atoms with Crippen molar-refractivity contribution < 1.29 is 8.42 Å². The number of H-pyrrole nitrogens is 1. The Balaban J connectivity index is 2.08. The molecule has 0 radical (unpaired) electrons. The fraction of sp³-hybridized carbons (Fsp3) is 0.600. The summed E-state index contributed by atoms with van der Waals surface area (Å²) in [5.74, 6) is 0.594. The number of aromatic amines is 1. The van der Waals surface area contributed by atoms with E-state index in [1.165, 1.54) is 10.5 Å². The Morgan fingerprint density at radius 1 is 1.37 bits per heavy atom. The van der Waals surface area contributed by atoms with Crippen molar-refractivity contribution in [3.05, 3.63) is 16.6 Å². The molecule has 0 spiro atoms. The number of anilines is 2. The van der Waals surface area contributed by atoms with Gasteiger partial charge in [-0.2, -0.15) is 4.31 Å². The molecule has 1 aromatic rings. The van der Waals surface area contributed by atoms with Gasteiger partial charge in [0.1, 0.15) is 5.82 Å². The largest absolute Gasteiger partial charge is 0.379 e. The highest BCUT2D eigenvalue weighted by Crippen LogP contribution is 2.13. The molecule has 1 saturated heterocycles. The normalized spacial score (nSPS) is 17.6. The molecule has 1 fully saturated rings. The summed E-state index contributed by atoms with van der Waals surface area (Å²) in [7, 11) is -3.14. The Bertz CT molecular complexity index is 604. The van der Waals surface area contributed by atoms with E-state index in [4.69, 9.17) is 5.73 Å². The van der Waals surface area contributed by atoms with Crippen molar-refractivity contribution in [1.82, 2.24) is 14.3 Å². The van der Waals surface area contributed by atoms with E-state index < -0.39 is 15.6 Å². The van der Waals surface area contributed by atoms with Crippen LogP contribution in [-0.2, 0) is 10.0 Å². The molecule has 2 rings (SSSR count). The SMILES string of the molecule is CCS(=O)(=O)N1CCN(c2cnc(N)c(=O)[nH]2)CC1. The second kappa shape index (κ2) is 5.17. The van der Waals surface area contributed by atoms with Crippen LogP contribution in [0.25, 0.3) is 0 Å². The molecule has 1 aliphatic rings. The van der Waals surface area contributed by atoms with Crippen molar-refractivity contribution in [2.45, 2.75) is 6.92 Å². The van der Waals surface area contributed by atoms with E-state index >= 15 is 0 Å². The van der Waals surface area contributed by atoms with Crippen LogP contribution in [0.4, 0.5) is 11.6 Å². The van der Waals surface area contributed by atoms with Gasteiger partial charge in [-0.3, -0.25) is 4.79 Å². The van der Waals surface area contributed by atoms with E-state index in [2.05, 4.69) is 9.97 Å². The summed E-state index contributed by atoms with van der Waals surface area (Å²) >= 11 is 0. The quantitative estimate of drug-likeness (QED) is 0.724. The first-order valence-electron chi connectivity index (χ1n) is 6.01. The summed E-state index contributed by atoms with van der Waals surface area (Å²) in [5.41, 5.74) is 4.92. The van der Waals surface area contributed by atoms with Gasteiger partial charge in [-0.25, -0.2) is 13.4 Å². The summed E-state index contributed by atoms with van der Waals surface area (Å²) in [6, 6.07) is 0. The van der Waals surface area contributed by atoms with Gasteiger partial charge in [0.25, 0.3) is 5.56 Å². The zero-order chi connectivity index (χ0) is 14.0. The molecule has 106 valence electrons. The zero-order valence-electron chi connectivity index (χ0n) is 10.7. The van der Waals surface area contributed by atoms with Crippen molar-refractivity contribution in [3.63, 3.8) is 0 Å². The van der Waals surface area contributed by atoms with E-state index in [0.717, 1.165) is 0 Å². The Morgan fingerprint density at radius 2 is 2.00 bits per heavy atom. The Kier molecular flexibility index (Phi) is 3.76. The number of nitrogens with two attached hydrogens (primary N) is 1. The van der Waals surface area contributed by atoms with E-state index in [9.17, 15) is 13.2 Å². The van der Waals surface area contributed by atoms with Crippen LogP contribution in [0.2, 0.25) is 0 Å². The number of hydrogen-bond donors (Lipinski definition) is 2. The van der Waals surface area contributed by atoms with Crippen molar-refractivity contribution >= 4 is 21.7 Å². The minimum Gasteiger partial charge on any atom is -0.379 e. The number of sulfonamides is 1. The molecule has 0 saturated carbocycles. The molecule has 0 amide bonds. The number of nitrogens with zero attached hydrogens (tertiary/aromatic N) is 3. The molecule has 2 heterocycles. The predicted octanol–water partition coefficient (Wildman–Crippen LogP) is -1.18. The number of aromatic nitrogens is 2. The zero-order valence-corrected chi connectivity index (χ0v) is 11.5. The Morgan fingerprint density at radius 3 is 2.53 bits per heavy atom. The second-order valence-electron chi connectivity index (χ2n) is 4.27. The minimum absolute atomic E-state index is 0.0732. The fourth-order valence-corrected chi connectivity index (χ4v) is 3.04. The highest BCUT2D eigenvalue weighted by molar-refractivity contribution is 7.89. The van der Waals surface area contributed by atoms with Crippen LogP contribution in [0.5, 0.6) is 0 Å².